The smallest absolute Gasteiger partial charge is 0.208 e. The van der Waals surface area contributed by atoms with E-state index in [0.717, 1.165) is 24.8 Å². The number of rotatable bonds is 2. The summed E-state index contributed by atoms with van der Waals surface area (Å²) in [4.78, 5) is 13.7. The number of ether oxygens (including phenoxy) is 1. The highest BCUT2D eigenvalue weighted by molar-refractivity contribution is 6.33. The van der Waals surface area contributed by atoms with Crippen molar-refractivity contribution in [3.8, 4) is 23.4 Å². The van der Waals surface area contributed by atoms with Crippen LogP contribution in [0, 0.1) is 11.8 Å². The predicted molar refractivity (Wildman–Crippen MR) is 109 cm³/mol. The summed E-state index contributed by atoms with van der Waals surface area (Å²) in [5.41, 5.74) is 1.99. The number of halogens is 1. The van der Waals surface area contributed by atoms with Crippen molar-refractivity contribution in [2.45, 2.75) is 25.5 Å². The summed E-state index contributed by atoms with van der Waals surface area (Å²) in [6.07, 6.45) is 4.41. The first-order valence-corrected chi connectivity index (χ1v) is 9.85. The van der Waals surface area contributed by atoms with Crippen molar-refractivity contribution in [1.82, 2.24) is 19.5 Å². The zero-order chi connectivity index (χ0) is 19.6. The van der Waals surface area contributed by atoms with E-state index in [2.05, 4.69) is 26.8 Å². The van der Waals surface area contributed by atoms with Gasteiger partial charge in [0.1, 0.15) is 11.7 Å². The summed E-state index contributed by atoms with van der Waals surface area (Å²) in [5.74, 6) is 7.68. The fourth-order valence-electron chi connectivity index (χ4n) is 3.43. The molecule has 1 saturated heterocycles. The van der Waals surface area contributed by atoms with Gasteiger partial charge in [0.25, 0.3) is 0 Å². The van der Waals surface area contributed by atoms with Crippen molar-refractivity contribution >= 4 is 22.8 Å². The topological polar surface area (TPSA) is 66.0 Å². The summed E-state index contributed by atoms with van der Waals surface area (Å²) < 4.78 is 13.6. The monoisotopic (exact) mass is 404 g/mol. The van der Waals surface area contributed by atoms with Crippen LogP contribution in [0.2, 0.25) is 5.15 Å². The van der Waals surface area contributed by atoms with Crippen LogP contribution >= 0.6 is 11.6 Å². The molecular weight excluding hydrogens is 388 g/mol. The van der Waals surface area contributed by atoms with Crippen molar-refractivity contribution in [2.75, 3.05) is 6.61 Å². The van der Waals surface area contributed by atoms with E-state index >= 15 is 0 Å². The van der Waals surface area contributed by atoms with Crippen molar-refractivity contribution < 1.29 is 9.15 Å². The molecule has 0 spiro atoms. The molecule has 1 aromatic carbocycles. The number of furan rings is 1. The first-order chi connectivity index (χ1) is 14.3. The van der Waals surface area contributed by atoms with Crippen molar-refractivity contribution in [3.05, 3.63) is 65.3 Å². The normalized spacial score (nSPS) is 16.5. The van der Waals surface area contributed by atoms with Crippen LogP contribution < -0.4 is 0 Å². The van der Waals surface area contributed by atoms with Crippen LogP contribution in [0.4, 0.5) is 0 Å². The van der Waals surface area contributed by atoms with Crippen LogP contribution in [-0.2, 0) is 4.74 Å². The van der Waals surface area contributed by atoms with E-state index in [1.165, 1.54) is 0 Å². The molecule has 4 heterocycles. The Hall–Kier alpha value is -3.14. The Labute approximate surface area is 172 Å². The van der Waals surface area contributed by atoms with E-state index in [1.54, 1.807) is 6.26 Å². The maximum absolute atomic E-state index is 6.46. The lowest BCUT2D eigenvalue weighted by Crippen LogP contribution is -2.19. The lowest BCUT2D eigenvalue weighted by Gasteiger charge is -2.25. The number of hydrogen-bond acceptors (Lipinski definition) is 5. The van der Waals surface area contributed by atoms with Crippen LogP contribution in [-0.4, -0.2) is 26.1 Å². The van der Waals surface area contributed by atoms with Gasteiger partial charge in [-0.15, -0.1) is 0 Å². The Kier molecular flexibility index (Phi) is 4.76. The molecule has 144 valence electrons. The van der Waals surface area contributed by atoms with Gasteiger partial charge in [-0.05, 0) is 49.4 Å². The molecule has 1 aliphatic heterocycles. The maximum atomic E-state index is 6.46. The minimum atomic E-state index is -0.185. The highest BCUT2D eigenvalue weighted by atomic mass is 35.5. The van der Waals surface area contributed by atoms with Gasteiger partial charge in [-0.1, -0.05) is 35.7 Å². The van der Waals surface area contributed by atoms with E-state index in [9.17, 15) is 0 Å². The van der Waals surface area contributed by atoms with Crippen LogP contribution in [0.5, 0.6) is 0 Å². The second-order valence-corrected chi connectivity index (χ2v) is 7.09. The number of benzene rings is 1. The molecule has 29 heavy (non-hydrogen) atoms. The molecule has 0 aliphatic carbocycles. The Morgan fingerprint density at radius 2 is 1.90 bits per heavy atom. The minimum Gasteiger partial charge on any atom is -0.461 e. The van der Waals surface area contributed by atoms with Crippen LogP contribution in [0.1, 0.15) is 36.9 Å². The van der Waals surface area contributed by atoms with Gasteiger partial charge in [0.15, 0.2) is 22.4 Å². The molecule has 1 fully saturated rings. The SMILES string of the molecule is Clc1nc(C#Cc2ccccc2)nc2c1nc(-c1ccco1)n2C1CCCCO1. The molecule has 3 aromatic heterocycles. The third-order valence-electron chi connectivity index (χ3n) is 4.77. The molecule has 0 saturated carbocycles. The first-order valence-electron chi connectivity index (χ1n) is 9.47. The third kappa shape index (κ3) is 3.51. The highest BCUT2D eigenvalue weighted by Gasteiger charge is 2.26. The molecule has 5 rings (SSSR count). The van der Waals surface area contributed by atoms with Crippen molar-refractivity contribution in [2.24, 2.45) is 0 Å². The molecule has 7 heteroatoms. The van der Waals surface area contributed by atoms with Gasteiger partial charge in [0, 0.05) is 12.2 Å². The summed E-state index contributed by atoms with van der Waals surface area (Å²) >= 11 is 6.46. The molecule has 1 unspecified atom stereocenters. The van der Waals surface area contributed by atoms with E-state index in [0.29, 0.717) is 35.2 Å². The van der Waals surface area contributed by atoms with Crippen LogP contribution in [0.15, 0.2) is 53.1 Å². The fraction of sp³-hybridized carbons (Fsp3) is 0.227. The largest absolute Gasteiger partial charge is 0.461 e. The molecule has 0 N–H and O–H groups in total. The fourth-order valence-corrected chi connectivity index (χ4v) is 3.63. The molecular formula is C22H17ClN4O2. The molecule has 0 radical (unpaired) electrons. The van der Waals surface area contributed by atoms with Gasteiger partial charge in [-0.25, -0.2) is 15.0 Å². The zero-order valence-electron chi connectivity index (χ0n) is 15.5. The Morgan fingerprint density at radius 1 is 1.00 bits per heavy atom. The first kappa shape index (κ1) is 17.9. The maximum Gasteiger partial charge on any atom is 0.208 e. The molecule has 1 atom stereocenters. The van der Waals surface area contributed by atoms with E-state index in [-0.39, 0.29) is 11.4 Å². The van der Waals surface area contributed by atoms with Gasteiger partial charge in [-0.2, -0.15) is 0 Å². The summed E-state index contributed by atoms with van der Waals surface area (Å²) in [6.45, 7) is 0.696. The lowest BCUT2D eigenvalue weighted by molar-refractivity contribution is -0.0289. The predicted octanol–water partition coefficient (Wildman–Crippen LogP) is 4.84. The van der Waals surface area contributed by atoms with Gasteiger partial charge in [-0.3, -0.25) is 4.57 Å². The molecule has 6 nitrogen and oxygen atoms in total. The van der Waals surface area contributed by atoms with Crippen molar-refractivity contribution in [1.29, 1.82) is 0 Å². The summed E-state index contributed by atoms with van der Waals surface area (Å²) in [6, 6.07) is 13.4. The number of imidazole rings is 1. The number of aromatic nitrogens is 4. The van der Waals surface area contributed by atoms with Gasteiger partial charge < -0.3 is 9.15 Å². The van der Waals surface area contributed by atoms with E-state index in [1.807, 2.05) is 47.0 Å². The summed E-state index contributed by atoms with van der Waals surface area (Å²) in [5, 5.41) is 0.259. The zero-order valence-corrected chi connectivity index (χ0v) is 16.3. The second-order valence-electron chi connectivity index (χ2n) is 6.73. The average Bonchev–Trinajstić information content (AvgIpc) is 3.42. The van der Waals surface area contributed by atoms with E-state index in [4.69, 9.17) is 20.8 Å². The van der Waals surface area contributed by atoms with Crippen LogP contribution in [0.3, 0.4) is 0 Å². The average molecular weight is 405 g/mol. The standard InChI is InChI=1S/C22H17ClN4O2/c23-20-19-22(25-17(24-20)12-11-15-7-2-1-3-8-15)27(18-10-4-5-13-29-18)21(26-19)16-9-6-14-28-16/h1-3,6-9,14,18H,4-5,10,13H2. The Bertz CT molecular complexity index is 1200. The minimum absolute atomic E-state index is 0.185. The Balaban J connectivity index is 1.67. The highest BCUT2D eigenvalue weighted by Crippen LogP contribution is 2.34. The number of nitrogens with zero attached hydrogens (tertiary/aromatic N) is 4. The molecule has 1 aliphatic rings. The van der Waals surface area contributed by atoms with Gasteiger partial charge in [0.2, 0.25) is 5.82 Å². The number of fused-ring (bicyclic) bond motifs is 1. The van der Waals surface area contributed by atoms with Crippen molar-refractivity contribution in [3.63, 3.8) is 0 Å². The lowest BCUT2D eigenvalue weighted by atomic mass is 10.2. The van der Waals surface area contributed by atoms with Crippen LogP contribution in [0.25, 0.3) is 22.7 Å². The molecule has 0 bridgehead atoms. The van der Waals surface area contributed by atoms with Gasteiger partial charge in [0.05, 0.1) is 6.26 Å². The number of hydrogen-bond donors (Lipinski definition) is 0. The summed E-state index contributed by atoms with van der Waals surface area (Å²) in [7, 11) is 0. The molecule has 4 aromatic rings. The van der Waals surface area contributed by atoms with Gasteiger partial charge >= 0.3 is 0 Å². The van der Waals surface area contributed by atoms with E-state index < -0.39 is 0 Å². The Morgan fingerprint density at radius 3 is 2.66 bits per heavy atom. The quantitative estimate of drug-likeness (QED) is 0.353. The molecule has 0 amide bonds. The second kappa shape index (κ2) is 7.70. The third-order valence-corrected chi connectivity index (χ3v) is 5.04.